The van der Waals surface area contributed by atoms with Crippen molar-refractivity contribution in [2.75, 3.05) is 30.9 Å². The number of rotatable bonds is 8. The summed E-state index contributed by atoms with van der Waals surface area (Å²) in [5, 5.41) is 3.45. The standard InChI is InChI=1S/C26H36ClN3O2/c1-18(2)16-30(25(32)21-10-8-9-11-22(21)27)17-19-14-20(12-13-23(19)29(6)7)28-24(31)15-26(3,4)5/h8-14,18H,15-17H2,1-7H3,(H,28,31). The van der Waals surface area contributed by atoms with Crippen LogP contribution in [-0.4, -0.2) is 37.4 Å². The summed E-state index contributed by atoms with van der Waals surface area (Å²) >= 11 is 6.32. The lowest BCUT2D eigenvalue weighted by molar-refractivity contribution is -0.117. The van der Waals surface area contributed by atoms with Crippen molar-refractivity contribution in [2.24, 2.45) is 11.3 Å². The Kier molecular flexibility index (Phi) is 8.73. The van der Waals surface area contributed by atoms with Crippen molar-refractivity contribution in [1.82, 2.24) is 4.90 Å². The summed E-state index contributed by atoms with van der Waals surface area (Å²) in [6, 6.07) is 13.0. The van der Waals surface area contributed by atoms with E-state index in [0.29, 0.717) is 36.0 Å². The number of nitrogens with zero attached hydrogens (tertiary/aromatic N) is 2. The molecular weight excluding hydrogens is 422 g/mol. The van der Waals surface area contributed by atoms with Gasteiger partial charge in [0.15, 0.2) is 0 Å². The van der Waals surface area contributed by atoms with Gasteiger partial charge < -0.3 is 15.1 Å². The summed E-state index contributed by atoms with van der Waals surface area (Å²) in [5.74, 6) is 0.169. The third-order valence-electron chi connectivity index (χ3n) is 4.87. The molecule has 0 fully saturated rings. The SMILES string of the molecule is CC(C)CN(Cc1cc(NC(=O)CC(C)(C)C)ccc1N(C)C)C(=O)c1ccccc1Cl. The van der Waals surface area contributed by atoms with E-state index in [9.17, 15) is 9.59 Å². The smallest absolute Gasteiger partial charge is 0.255 e. The summed E-state index contributed by atoms with van der Waals surface area (Å²) in [5.41, 5.74) is 3.10. The first-order chi connectivity index (χ1) is 14.9. The Balaban J connectivity index is 2.37. The summed E-state index contributed by atoms with van der Waals surface area (Å²) in [4.78, 5) is 29.7. The summed E-state index contributed by atoms with van der Waals surface area (Å²) in [6.07, 6.45) is 0.433. The molecule has 32 heavy (non-hydrogen) atoms. The first-order valence-electron chi connectivity index (χ1n) is 11.0. The topological polar surface area (TPSA) is 52.7 Å². The Hall–Kier alpha value is -2.53. The lowest BCUT2D eigenvalue weighted by Crippen LogP contribution is -2.34. The molecule has 1 N–H and O–H groups in total. The zero-order chi connectivity index (χ0) is 24.1. The maximum atomic E-state index is 13.4. The van der Waals surface area contributed by atoms with Crippen molar-refractivity contribution in [3.8, 4) is 0 Å². The molecule has 0 radical (unpaired) electrons. The van der Waals surface area contributed by atoms with E-state index in [1.54, 1.807) is 12.1 Å². The highest BCUT2D eigenvalue weighted by atomic mass is 35.5. The van der Waals surface area contributed by atoms with Gasteiger partial charge in [0.2, 0.25) is 5.91 Å². The minimum atomic E-state index is -0.101. The van der Waals surface area contributed by atoms with Crippen molar-refractivity contribution in [1.29, 1.82) is 0 Å². The molecule has 2 aromatic carbocycles. The molecule has 0 atom stereocenters. The fourth-order valence-electron chi connectivity index (χ4n) is 3.58. The summed E-state index contributed by atoms with van der Waals surface area (Å²) in [6.45, 7) is 11.3. The molecular formula is C26H36ClN3O2. The van der Waals surface area contributed by atoms with E-state index in [-0.39, 0.29) is 17.2 Å². The average molecular weight is 458 g/mol. The van der Waals surface area contributed by atoms with Crippen LogP contribution in [0.3, 0.4) is 0 Å². The van der Waals surface area contributed by atoms with Gasteiger partial charge in [0, 0.05) is 45.0 Å². The van der Waals surface area contributed by atoms with Crippen LogP contribution >= 0.6 is 11.6 Å². The molecule has 0 aliphatic rings. The quantitative estimate of drug-likeness (QED) is 0.522. The number of carbonyl (C=O) groups excluding carboxylic acids is 2. The van der Waals surface area contributed by atoms with Gasteiger partial charge in [-0.15, -0.1) is 0 Å². The van der Waals surface area contributed by atoms with Crippen molar-refractivity contribution in [3.63, 3.8) is 0 Å². The molecule has 0 bridgehead atoms. The minimum absolute atomic E-state index is 0.0211. The van der Waals surface area contributed by atoms with Crippen LogP contribution in [0.2, 0.25) is 5.02 Å². The van der Waals surface area contributed by atoms with E-state index in [4.69, 9.17) is 11.6 Å². The highest BCUT2D eigenvalue weighted by Crippen LogP contribution is 2.27. The van der Waals surface area contributed by atoms with Crippen LogP contribution in [0.4, 0.5) is 11.4 Å². The number of benzene rings is 2. The van der Waals surface area contributed by atoms with Crippen LogP contribution in [0.15, 0.2) is 42.5 Å². The van der Waals surface area contributed by atoms with Crippen LogP contribution in [0.1, 0.15) is 57.0 Å². The van der Waals surface area contributed by atoms with Gasteiger partial charge in [-0.05, 0) is 47.2 Å². The molecule has 0 heterocycles. The second-order valence-electron chi connectivity index (χ2n) is 10.1. The number of hydrogen-bond acceptors (Lipinski definition) is 3. The van der Waals surface area contributed by atoms with Gasteiger partial charge in [-0.2, -0.15) is 0 Å². The lowest BCUT2D eigenvalue weighted by Gasteiger charge is -2.28. The molecule has 0 saturated heterocycles. The first kappa shape index (κ1) is 25.7. The van der Waals surface area contributed by atoms with Gasteiger partial charge in [-0.1, -0.05) is 58.4 Å². The van der Waals surface area contributed by atoms with Gasteiger partial charge in [0.05, 0.1) is 10.6 Å². The molecule has 0 aliphatic heterocycles. The van der Waals surface area contributed by atoms with Crippen molar-refractivity contribution in [2.45, 2.75) is 47.6 Å². The molecule has 5 nitrogen and oxygen atoms in total. The van der Waals surface area contributed by atoms with Gasteiger partial charge in [0.1, 0.15) is 0 Å². The zero-order valence-corrected chi connectivity index (χ0v) is 21.1. The second-order valence-corrected chi connectivity index (χ2v) is 10.5. The van der Waals surface area contributed by atoms with Crippen molar-refractivity contribution >= 4 is 34.8 Å². The van der Waals surface area contributed by atoms with E-state index >= 15 is 0 Å². The summed E-state index contributed by atoms with van der Waals surface area (Å²) in [7, 11) is 3.94. The maximum Gasteiger partial charge on any atom is 0.255 e. The van der Waals surface area contributed by atoms with Crippen molar-refractivity contribution in [3.05, 3.63) is 58.6 Å². The van der Waals surface area contributed by atoms with E-state index < -0.39 is 0 Å². The third-order valence-corrected chi connectivity index (χ3v) is 5.20. The van der Waals surface area contributed by atoms with Crippen molar-refractivity contribution < 1.29 is 9.59 Å². The second kappa shape index (κ2) is 10.9. The molecule has 0 aromatic heterocycles. The molecule has 6 heteroatoms. The predicted molar refractivity (Wildman–Crippen MR) is 135 cm³/mol. The third kappa shape index (κ3) is 7.56. The minimum Gasteiger partial charge on any atom is -0.377 e. The van der Waals surface area contributed by atoms with E-state index in [2.05, 4.69) is 19.2 Å². The molecule has 0 unspecified atom stereocenters. The average Bonchev–Trinajstić information content (AvgIpc) is 2.65. The number of amides is 2. The lowest BCUT2D eigenvalue weighted by atomic mass is 9.92. The first-order valence-corrected chi connectivity index (χ1v) is 11.4. The molecule has 2 amide bonds. The number of nitrogens with one attached hydrogen (secondary N) is 1. The Morgan fingerprint density at radius 1 is 1.06 bits per heavy atom. The Morgan fingerprint density at radius 3 is 2.28 bits per heavy atom. The summed E-state index contributed by atoms with van der Waals surface area (Å²) < 4.78 is 0. The Morgan fingerprint density at radius 2 is 1.72 bits per heavy atom. The number of hydrogen-bond donors (Lipinski definition) is 1. The molecule has 0 aliphatic carbocycles. The zero-order valence-electron chi connectivity index (χ0n) is 20.3. The maximum absolute atomic E-state index is 13.4. The Labute approximate surface area is 197 Å². The van der Waals surface area contributed by atoms with E-state index in [0.717, 1.165) is 16.9 Å². The van der Waals surface area contributed by atoms with Gasteiger partial charge in [-0.25, -0.2) is 0 Å². The van der Waals surface area contributed by atoms with Gasteiger partial charge >= 0.3 is 0 Å². The largest absolute Gasteiger partial charge is 0.377 e. The number of anilines is 2. The van der Waals surface area contributed by atoms with E-state index in [1.165, 1.54) is 0 Å². The molecule has 174 valence electrons. The van der Waals surface area contributed by atoms with Crippen LogP contribution in [-0.2, 0) is 11.3 Å². The molecule has 0 saturated carbocycles. The van der Waals surface area contributed by atoms with Gasteiger partial charge in [-0.3, -0.25) is 9.59 Å². The highest BCUT2D eigenvalue weighted by molar-refractivity contribution is 6.33. The predicted octanol–water partition coefficient (Wildman–Crippen LogP) is 6.08. The monoisotopic (exact) mass is 457 g/mol. The molecule has 0 spiro atoms. The van der Waals surface area contributed by atoms with Crippen LogP contribution < -0.4 is 10.2 Å². The number of carbonyl (C=O) groups is 2. The molecule has 2 rings (SSSR count). The normalized spacial score (nSPS) is 11.4. The highest BCUT2D eigenvalue weighted by Gasteiger charge is 2.22. The fourth-order valence-corrected chi connectivity index (χ4v) is 3.80. The molecule has 2 aromatic rings. The fraction of sp³-hybridized carbons (Fsp3) is 0.462. The van der Waals surface area contributed by atoms with Crippen LogP contribution in [0, 0.1) is 11.3 Å². The van der Waals surface area contributed by atoms with Crippen LogP contribution in [0.5, 0.6) is 0 Å². The Bertz CT molecular complexity index is 948. The number of halogens is 1. The van der Waals surface area contributed by atoms with Crippen LogP contribution in [0.25, 0.3) is 0 Å². The van der Waals surface area contributed by atoms with E-state index in [1.807, 2.05) is 75.0 Å². The van der Waals surface area contributed by atoms with Gasteiger partial charge in [0.25, 0.3) is 5.91 Å².